The molecule has 6 rings (SSSR count). The number of hydrogen-bond donors (Lipinski definition) is 3. The standard InChI is InChI=1S/C42H40ClN3O4/c43-37-16-7-12-32(30-37)25-27-44-46-41(48)42(26-8-13-31-10-3-1-4-11-31)39(35-19-17-34(18-20-35)33-14-5-2-6-15-33)50-40(45-42)36-21-23-38(24-22-36)49-29-9-28-47/h1-8,10-24,30,39,44,47H,9,25-29H2,(H,46,48)/b13-8+/t39-,42-/m0/s1. The number of rotatable bonds is 15. The molecule has 0 bridgehead atoms. The molecule has 0 spiro atoms. The van der Waals surface area contributed by atoms with Gasteiger partial charge in [0.1, 0.15) is 5.75 Å². The monoisotopic (exact) mass is 685 g/mol. The summed E-state index contributed by atoms with van der Waals surface area (Å²) in [5, 5.41) is 9.79. The van der Waals surface area contributed by atoms with Gasteiger partial charge in [0.2, 0.25) is 5.90 Å². The molecule has 2 atom stereocenters. The number of halogens is 1. The van der Waals surface area contributed by atoms with Crippen LogP contribution in [0.15, 0.2) is 145 Å². The third-order valence-corrected chi connectivity index (χ3v) is 8.75. The molecule has 5 aromatic carbocycles. The van der Waals surface area contributed by atoms with Crippen LogP contribution in [0.2, 0.25) is 5.02 Å². The van der Waals surface area contributed by atoms with Crippen LogP contribution in [0.25, 0.3) is 17.2 Å². The van der Waals surface area contributed by atoms with Gasteiger partial charge in [-0.3, -0.25) is 10.2 Å². The van der Waals surface area contributed by atoms with Crippen molar-refractivity contribution in [3.05, 3.63) is 167 Å². The first-order valence-corrected chi connectivity index (χ1v) is 17.2. The molecule has 254 valence electrons. The maximum atomic E-state index is 14.5. The molecule has 0 aliphatic carbocycles. The van der Waals surface area contributed by atoms with Gasteiger partial charge in [-0.2, -0.15) is 0 Å². The average Bonchev–Trinajstić information content (AvgIpc) is 3.55. The molecule has 7 nitrogen and oxygen atoms in total. The van der Waals surface area contributed by atoms with Gasteiger partial charge in [-0.25, -0.2) is 10.4 Å². The molecule has 8 heteroatoms. The van der Waals surface area contributed by atoms with Crippen molar-refractivity contribution in [1.29, 1.82) is 0 Å². The van der Waals surface area contributed by atoms with Crippen molar-refractivity contribution in [3.8, 4) is 16.9 Å². The minimum atomic E-state index is -1.34. The summed E-state index contributed by atoms with van der Waals surface area (Å²) in [4.78, 5) is 19.6. The Kier molecular flexibility index (Phi) is 11.7. The Hall–Kier alpha value is -5.21. The molecule has 1 amide bonds. The van der Waals surface area contributed by atoms with Crippen molar-refractivity contribution in [3.63, 3.8) is 0 Å². The highest BCUT2D eigenvalue weighted by atomic mass is 35.5. The molecule has 1 aliphatic heterocycles. The molecule has 50 heavy (non-hydrogen) atoms. The normalized spacial score (nSPS) is 16.9. The van der Waals surface area contributed by atoms with E-state index in [0.717, 1.165) is 33.4 Å². The van der Waals surface area contributed by atoms with Crippen molar-refractivity contribution in [2.75, 3.05) is 19.8 Å². The first-order valence-electron chi connectivity index (χ1n) is 16.8. The zero-order valence-electron chi connectivity index (χ0n) is 27.7. The second kappa shape index (κ2) is 16.9. The molecule has 1 heterocycles. The van der Waals surface area contributed by atoms with E-state index in [4.69, 9.17) is 31.2 Å². The van der Waals surface area contributed by atoms with Gasteiger partial charge in [0.15, 0.2) is 11.6 Å². The van der Waals surface area contributed by atoms with E-state index in [-0.39, 0.29) is 18.9 Å². The smallest absolute Gasteiger partial charge is 0.266 e. The third-order valence-electron chi connectivity index (χ3n) is 8.52. The Morgan fingerprint density at radius 1 is 0.860 bits per heavy atom. The lowest BCUT2D eigenvalue weighted by Gasteiger charge is -2.30. The van der Waals surface area contributed by atoms with Crippen molar-refractivity contribution in [1.82, 2.24) is 10.9 Å². The van der Waals surface area contributed by atoms with Crippen molar-refractivity contribution < 1.29 is 19.4 Å². The van der Waals surface area contributed by atoms with Crippen molar-refractivity contribution >= 4 is 29.5 Å². The first-order chi connectivity index (χ1) is 24.5. The van der Waals surface area contributed by atoms with E-state index in [1.165, 1.54) is 0 Å². The average molecular weight is 686 g/mol. The molecule has 0 radical (unpaired) electrons. The summed E-state index contributed by atoms with van der Waals surface area (Å²) in [5.74, 6) is 0.733. The molecule has 0 aromatic heterocycles. The van der Waals surface area contributed by atoms with Crippen LogP contribution in [0, 0.1) is 0 Å². The molecule has 0 saturated carbocycles. The number of aliphatic hydroxyl groups excluding tert-OH is 1. The predicted octanol–water partition coefficient (Wildman–Crippen LogP) is 7.99. The van der Waals surface area contributed by atoms with Crippen LogP contribution in [0.5, 0.6) is 5.75 Å². The van der Waals surface area contributed by atoms with Crippen LogP contribution in [0.4, 0.5) is 0 Å². The van der Waals surface area contributed by atoms with E-state index in [9.17, 15) is 4.79 Å². The van der Waals surface area contributed by atoms with E-state index < -0.39 is 11.6 Å². The van der Waals surface area contributed by atoms with Gasteiger partial charge in [-0.05, 0) is 70.6 Å². The topological polar surface area (TPSA) is 92.2 Å². The fourth-order valence-electron chi connectivity index (χ4n) is 5.89. The lowest BCUT2D eigenvalue weighted by Crippen LogP contribution is -2.52. The Morgan fingerprint density at radius 3 is 2.28 bits per heavy atom. The lowest BCUT2D eigenvalue weighted by atomic mass is 9.84. The molecule has 5 aromatic rings. The van der Waals surface area contributed by atoms with Gasteiger partial charge in [0.25, 0.3) is 5.91 Å². The molecule has 0 fully saturated rings. The quantitative estimate of drug-likeness (QED) is 0.0768. The Morgan fingerprint density at radius 2 is 1.56 bits per heavy atom. The molecular formula is C42H40ClN3O4. The van der Waals surface area contributed by atoms with Crippen LogP contribution in [0.1, 0.15) is 41.2 Å². The number of ether oxygens (including phenoxy) is 2. The predicted molar refractivity (Wildman–Crippen MR) is 200 cm³/mol. The highest BCUT2D eigenvalue weighted by Crippen LogP contribution is 2.43. The van der Waals surface area contributed by atoms with Crippen LogP contribution in [-0.2, 0) is 16.0 Å². The maximum Gasteiger partial charge on any atom is 0.266 e. The second-order valence-electron chi connectivity index (χ2n) is 12.1. The van der Waals surface area contributed by atoms with Gasteiger partial charge in [-0.15, -0.1) is 0 Å². The van der Waals surface area contributed by atoms with Gasteiger partial charge in [0, 0.05) is 36.6 Å². The zero-order valence-corrected chi connectivity index (χ0v) is 28.4. The first kappa shape index (κ1) is 34.6. The number of carbonyl (C=O) groups excluding carboxylic acids is 1. The summed E-state index contributed by atoms with van der Waals surface area (Å²) in [5.41, 5.74) is 10.5. The van der Waals surface area contributed by atoms with E-state index in [2.05, 4.69) is 35.1 Å². The largest absolute Gasteiger partial charge is 0.494 e. The summed E-state index contributed by atoms with van der Waals surface area (Å²) in [7, 11) is 0. The molecule has 3 N–H and O–H groups in total. The number of benzene rings is 5. The molecule has 1 aliphatic rings. The molecular weight excluding hydrogens is 646 g/mol. The van der Waals surface area contributed by atoms with E-state index in [1.54, 1.807) is 0 Å². The summed E-state index contributed by atoms with van der Waals surface area (Å²) in [6.07, 6.45) is 4.76. The maximum absolute atomic E-state index is 14.5. The van der Waals surface area contributed by atoms with Crippen LogP contribution < -0.4 is 15.6 Å². The second-order valence-corrected chi connectivity index (χ2v) is 12.5. The van der Waals surface area contributed by atoms with Gasteiger partial charge >= 0.3 is 0 Å². The van der Waals surface area contributed by atoms with Gasteiger partial charge < -0.3 is 14.6 Å². The number of nitrogens with one attached hydrogen (secondary N) is 2. The van der Waals surface area contributed by atoms with Crippen LogP contribution in [0.3, 0.4) is 0 Å². The number of aliphatic imine (C=N–C) groups is 1. The SMILES string of the molecule is O=C(NNCCc1cccc(Cl)c1)[C@@]1(C/C=C/c2ccccc2)N=C(c2ccc(OCCCO)cc2)O[C@H]1c1ccc(-c2ccccc2)cc1. The Labute approximate surface area is 298 Å². The van der Waals surface area contributed by atoms with E-state index >= 15 is 0 Å². The Balaban J connectivity index is 1.33. The third kappa shape index (κ3) is 8.68. The zero-order chi connectivity index (χ0) is 34.6. The Bertz CT molecular complexity index is 1900. The summed E-state index contributed by atoms with van der Waals surface area (Å²) >= 11 is 6.18. The number of aliphatic hydroxyl groups is 1. The number of nitrogens with zero attached hydrogens (tertiary/aromatic N) is 1. The molecule has 0 unspecified atom stereocenters. The molecule has 0 saturated heterocycles. The number of carbonyl (C=O) groups is 1. The number of hydrazine groups is 1. The summed E-state index contributed by atoms with van der Waals surface area (Å²) < 4.78 is 12.4. The van der Waals surface area contributed by atoms with Crippen molar-refractivity contribution in [2.45, 2.75) is 30.9 Å². The summed E-state index contributed by atoms with van der Waals surface area (Å²) in [6, 6.07) is 43.4. The van der Waals surface area contributed by atoms with Crippen LogP contribution in [-0.4, -0.2) is 42.2 Å². The lowest BCUT2D eigenvalue weighted by molar-refractivity contribution is -0.129. The highest BCUT2D eigenvalue weighted by molar-refractivity contribution is 6.30. The van der Waals surface area contributed by atoms with Gasteiger partial charge in [0.05, 0.1) is 6.61 Å². The minimum Gasteiger partial charge on any atom is -0.494 e. The minimum absolute atomic E-state index is 0.0643. The fourth-order valence-corrected chi connectivity index (χ4v) is 6.10. The number of hydrogen-bond acceptors (Lipinski definition) is 6. The van der Waals surface area contributed by atoms with Gasteiger partial charge in [-0.1, -0.05) is 121 Å². The summed E-state index contributed by atoms with van der Waals surface area (Å²) in [6.45, 7) is 0.970. The van der Waals surface area contributed by atoms with Crippen molar-refractivity contribution in [2.24, 2.45) is 4.99 Å². The number of amides is 1. The fraction of sp³-hybridized carbons (Fsp3) is 0.190. The van der Waals surface area contributed by atoms with Crippen LogP contribution >= 0.6 is 11.6 Å². The van der Waals surface area contributed by atoms with E-state index in [0.29, 0.717) is 42.7 Å². The highest BCUT2D eigenvalue weighted by Gasteiger charge is 2.52. The van der Waals surface area contributed by atoms with E-state index in [1.807, 2.05) is 121 Å².